The highest BCUT2D eigenvalue weighted by Crippen LogP contribution is 2.42. The number of hydrogen-bond donors (Lipinski definition) is 1. The van der Waals surface area contributed by atoms with Crippen LogP contribution < -0.4 is 9.80 Å². The van der Waals surface area contributed by atoms with Crippen LogP contribution in [-0.4, -0.2) is 34.9 Å². The molecule has 6 heteroatoms. The second kappa shape index (κ2) is 8.54. The van der Waals surface area contributed by atoms with Gasteiger partial charge in [-0.1, -0.05) is 29.8 Å². The van der Waals surface area contributed by atoms with Crippen LogP contribution in [0.3, 0.4) is 0 Å². The summed E-state index contributed by atoms with van der Waals surface area (Å²) in [6.07, 6.45) is 5.45. The molecule has 2 fully saturated rings. The molecule has 6 nitrogen and oxygen atoms in total. The van der Waals surface area contributed by atoms with Crippen LogP contribution in [0.2, 0.25) is 0 Å². The average molecular weight is 440 g/mol. The zero-order valence-corrected chi connectivity index (χ0v) is 18.4. The standard InChI is InChI=1S/C27H25N3O3/c1-18-5-4-6-20(17-18)24-23(25(31)19-11-13-28-14-12-19)26(32)27(33)30(24)22-9-7-21(8-10-22)29-15-2-3-16-29/h4-14,17,24,31H,2-3,15-16H2,1H3/b25-23+. The highest BCUT2D eigenvalue weighted by molar-refractivity contribution is 6.51. The van der Waals surface area contributed by atoms with Gasteiger partial charge in [-0.25, -0.2) is 0 Å². The van der Waals surface area contributed by atoms with Crippen molar-refractivity contribution in [2.24, 2.45) is 0 Å². The van der Waals surface area contributed by atoms with Gasteiger partial charge in [0.2, 0.25) is 0 Å². The lowest BCUT2D eigenvalue weighted by molar-refractivity contribution is -0.132. The first-order valence-electron chi connectivity index (χ1n) is 11.2. The zero-order chi connectivity index (χ0) is 22.9. The molecule has 1 aromatic heterocycles. The maximum absolute atomic E-state index is 13.3. The molecule has 2 aliphatic heterocycles. The van der Waals surface area contributed by atoms with Gasteiger partial charge >= 0.3 is 0 Å². The minimum absolute atomic E-state index is 0.0837. The predicted molar refractivity (Wildman–Crippen MR) is 128 cm³/mol. The molecule has 1 N–H and O–H groups in total. The number of amides is 1. The summed E-state index contributed by atoms with van der Waals surface area (Å²) in [4.78, 5) is 34.3. The second-order valence-electron chi connectivity index (χ2n) is 8.53. The average Bonchev–Trinajstić information content (AvgIpc) is 3.47. The van der Waals surface area contributed by atoms with Crippen molar-refractivity contribution >= 4 is 28.8 Å². The number of benzene rings is 2. The number of nitrogens with zero attached hydrogens (tertiary/aromatic N) is 3. The van der Waals surface area contributed by atoms with Crippen molar-refractivity contribution in [2.45, 2.75) is 25.8 Å². The Bertz CT molecular complexity index is 1230. The first-order valence-corrected chi connectivity index (χ1v) is 11.2. The summed E-state index contributed by atoms with van der Waals surface area (Å²) in [7, 11) is 0. The van der Waals surface area contributed by atoms with Crippen LogP contribution in [0, 0.1) is 6.92 Å². The van der Waals surface area contributed by atoms with Crippen LogP contribution in [-0.2, 0) is 9.59 Å². The first-order chi connectivity index (χ1) is 16.0. The predicted octanol–water partition coefficient (Wildman–Crippen LogP) is 4.62. The number of anilines is 2. The summed E-state index contributed by atoms with van der Waals surface area (Å²) in [5, 5.41) is 11.1. The molecule has 1 unspecified atom stereocenters. The Morgan fingerprint density at radius 1 is 0.939 bits per heavy atom. The van der Waals surface area contributed by atoms with E-state index in [0.717, 1.165) is 29.9 Å². The molecule has 0 spiro atoms. The van der Waals surface area contributed by atoms with Gasteiger partial charge < -0.3 is 10.0 Å². The van der Waals surface area contributed by atoms with Gasteiger partial charge in [0, 0.05) is 42.4 Å². The molecular weight excluding hydrogens is 414 g/mol. The van der Waals surface area contributed by atoms with Gasteiger partial charge in [0.15, 0.2) is 0 Å². The number of aliphatic hydroxyl groups excluding tert-OH is 1. The first kappa shape index (κ1) is 20.9. The van der Waals surface area contributed by atoms with E-state index in [1.54, 1.807) is 24.5 Å². The fraction of sp³-hybridized carbons (Fsp3) is 0.222. The topological polar surface area (TPSA) is 73.7 Å². The van der Waals surface area contributed by atoms with Crippen molar-refractivity contribution in [3.05, 3.63) is 95.3 Å². The summed E-state index contributed by atoms with van der Waals surface area (Å²) in [5.74, 6) is -1.54. The number of carbonyl (C=O) groups is 2. The Kier molecular flexibility index (Phi) is 5.42. The van der Waals surface area contributed by atoms with Crippen molar-refractivity contribution in [3.63, 3.8) is 0 Å². The van der Waals surface area contributed by atoms with Crippen molar-refractivity contribution < 1.29 is 14.7 Å². The third kappa shape index (κ3) is 3.78. The van der Waals surface area contributed by atoms with Gasteiger partial charge in [0.1, 0.15) is 5.76 Å². The smallest absolute Gasteiger partial charge is 0.300 e. The SMILES string of the molecule is Cc1cccc(C2/C(=C(\O)c3ccncc3)C(=O)C(=O)N2c2ccc(N3CCCC3)cc2)c1. The van der Waals surface area contributed by atoms with Crippen LogP contribution >= 0.6 is 0 Å². The monoisotopic (exact) mass is 439 g/mol. The van der Waals surface area contributed by atoms with E-state index < -0.39 is 17.7 Å². The summed E-state index contributed by atoms with van der Waals surface area (Å²) < 4.78 is 0. The third-order valence-electron chi connectivity index (χ3n) is 6.36. The Hall–Kier alpha value is -3.93. The lowest BCUT2D eigenvalue weighted by atomic mass is 9.94. The van der Waals surface area contributed by atoms with Crippen LogP contribution in [0.15, 0.2) is 78.6 Å². The molecule has 0 bridgehead atoms. The normalized spacial score (nSPS) is 20.0. The van der Waals surface area contributed by atoms with Gasteiger partial charge in [-0.05, 0) is 61.7 Å². The number of carbonyl (C=O) groups excluding carboxylic acids is 2. The summed E-state index contributed by atoms with van der Waals surface area (Å²) in [6, 6.07) is 18.0. The number of pyridine rings is 1. The van der Waals surface area contributed by atoms with Crippen LogP contribution in [0.5, 0.6) is 0 Å². The number of aryl methyl sites for hydroxylation is 1. The number of aromatic nitrogens is 1. The van der Waals surface area contributed by atoms with Gasteiger partial charge in [-0.3, -0.25) is 19.5 Å². The van der Waals surface area contributed by atoms with Crippen LogP contribution in [0.4, 0.5) is 11.4 Å². The van der Waals surface area contributed by atoms with Gasteiger partial charge in [0.05, 0.1) is 11.6 Å². The molecule has 3 aromatic rings. The molecule has 0 saturated carbocycles. The highest BCUT2D eigenvalue weighted by atomic mass is 16.3. The minimum Gasteiger partial charge on any atom is -0.507 e. The molecule has 33 heavy (non-hydrogen) atoms. The summed E-state index contributed by atoms with van der Waals surface area (Å²) in [5.41, 5.74) is 4.04. The fourth-order valence-electron chi connectivity index (χ4n) is 4.72. The van der Waals surface area contributed by atoms with Crippen molar-refractivity contribution in [3.8, 4) is 0 Å². The van der Waals surface area contributed by atoms with Crippen molar-refractivity contribution in [1.82, 2.24) is 4.98 Å². The molecule has 0 radical (unpaired) electrons. The second-order valence-corrected chi connectivity index (χ2v) is 8.53. The molecule has 1 atom stereocenters. The highest BCUT2D eigenvalue weighted by Gasteiger charge is 2.47. The molecule has 2 aromatic carbocycles. The largest absolute Gasteiger partial charge is 0.507 e. The van der Waals surface area contributed by atoms with E-state index in [9.17, 15) is 14.7 Å². The van der Waals surface area contributed by atoms with E-state index in [0.29, 0.717) is 11.3 Å². The van der Waals surface area contributed by atoms with Crippen LogP contribution in [0.1, 0.15) is 35.6 Å². The molecular formula is C27H25N3O3. The molecule has 2 aliphatic rings. The maximum Gasteiger partial charge on any atom is 0.300 e. The molecule has 0 aliphatic carbocycles. The van der Waals surface area contributed by atoms with Crippen LogP contribution in [0.25, 0.3) is 5.76 Å². The summed E-state index contributed by atoms with van der Waals surface area (Å²) in [6.45, 7) is 4.02. The lowest BCUT2D eigenvalue weighted by Crippen LogP contribution is -2.29. The number of rotatable bonds is 4. The number of hydrogen-bond acceptors (Lipinski definition) is 5. The van der Waals surface area contributed by atoms with E-state index in [1.165, 1.54) is 17.7 Å². The van der Waals surface area contributed by atoms with Gasteiger partial charge in [0.25, 0.3) is 11.7 Å². The molecule has 166 valence electrons. The van der Waals surface area contributed by atoms with Crippen molar-refractivity contribution in [2.75, 3.05) is 22.9 Å². The molecule has 2 saturated heterocycles. The Balaban J connectivity index is 1.63. The third-order valence-corrected chi connectivity index (χ3v) is 6.36. The number of aliphatic hydroxyl groups is 1. The quantitative estimate of drug-likeness (QED) is 0.365. The number of Topliss-reactive ketones (excluding diaryl/α,β-unsaturated/α-hetero) is 1. The van der Waals surface area contributed by atoms with Gasteiger partial charge in [-0.2, -0.15) is 0 Å². The van der Waals surface area contributed by atoms with E-state index in [1.807, 2.05) is 55.5 Å². The molecule has 3 heterocycles. The zero-order valence-electron chi connectivity index (χ0n) is 18.4. The van der Waals surface area contributed by atoms with E-state index in [-0.39, 0.29) is 11.3 Å². The molecule has 5 rings (SSSR count). The Labute approximate surface area is 192 Å². The van der Waals surface area contributed by atoms with E-state index in [2.05, 4.69) is 9.88 Å². The lowest BCUT2D eigenvalue weighted by Gasteiger charge is -2.26. The van der Waals surface area contributed by atoms with E-state index >= 15 is 0 Å². The number of ketones is 1. The summed E-state index contributed by atoms with van der Waals surface area (Å²) >= 11 is 0. The Morgan fingerprint density at radius 2 is 1.61 bits per heavy atom. The maximum atomic E-state index is 13.3. The van der Waals surface area contributed by atoms with Gasteiger partial charge in [-0.15, -0.1) is 0 Å². The minimum atomic E-state index is -0.726. The molecule has 1 amide bonds. The fourth-order valence-corrected chi connectivity index (χ4v) is 4.72. The Morgan fingerprint density at radius 3 is 2.27 bits per heavy atom. The van der Waals surface area contributed by atoms with Crippen molar-refractivity contribution in [1.29, 1.82) is 0 Å². The van der Waals surface area contributed by atoms with E-state index in [4.69, 9.17) is 0 Å².